The highest BCUT2D eigenvalue weighted by molar-refractivity contribution is 9.10. The van der Waals surface area contributed by atoms with E-state index in [9.17, 15) is 29.8 Å². The lowest BCUT2D eigenvalue weighted by atomic mass is 9.95. The predicted octanol–water partition coefficient (Wildman–Crippen LogP) is 13.4. The van der Waals surface area contributed by atoms with Gasteiger partial charge in [-0.1, -0.05) is 69.9 Å². The van der Waals surface area contributed by atoms with E-state index in [1.807, 2.05) is 20.8 Å². The molecule has 79 heavy (non-hydrogen) atoms. The maximum Gasteiger partial charge on any atom is 0.184 e. The second-order valence-electron chi connectivity index (χ2n) is 18.4. The number of nitrogen functional groups attached to an aromatic ring is 1. The first-order valence-electron chi connectivity index (χ1n) is 23.4. The first-order valence-corrected chi connectivity index (χ1v) is 29.5. The van der Waals surface area contributed by atoms with Crippen molar-refractivity contribution in [1.82, 2.24) is 20.3 Å². The fourth-order valence-corrected chi connectivity index (χ4v) is 11.7. The van der Waals surface area contributed by atoms with Crippen LogP contribution in [0.5, 0.6) is 11.5 Å². The van der Waals surface area contributed by atoms with Crippen molar-refractivity contribution in [2.75, 3.05) is 20.0 Å². The number of sulfone groups is 2. The molecule has 0 bridgehead atoms. The standard InChI is InChI=1S/C26H17BrClFN2O4S.C26H19ClFN3O4S.C4H11NOS/c1-34-25-12-20(15-3-2-4-16(29)9-15)23(28)11-21(25)26-19-6-5-18(10-24(19)30-13-22(26)27)36(32,33)14-17-7-8-35-31-17;1-34-25-12-20(15-3-2-4-16(28)9-15)22(27)11-21(25)26-19-6-5-18(10-24(19)30-13-23(26)29)36(32,33)14-17-7-8-35-31-17;1-4(2,3)7(5)6/h2-13H,14H2,1H3;2-13H,14,29H2,1H3;5H2,1-3H3. The summed E-state index contributed by atoms with van der Waals surface area (Å²) in [6.45, 7) is 5.51. The zero-order valence-electron chi connectivity index (χ0n) is 42.5. The van der Waals surface area contributed by atoms with Gasteiger partial charge in [-0.2, -0.15) is 0 Å². The Morgan fingerprint density at radius 1 is 0.620 bits per heavy atom. The largest absolute Gasteiger partial charge is 0.496 e. The van der Waals surface area contributed by atoms with Gasteiger partial charge in [0.15, 0.2) is 19.7 Å². The summed E-state index contributed by atoms with van der Waals surface area (Å²) in [4.78, 5) is 8.99. The molecule has 0 spiro atoms. The number of ether oxygens (including phenoxy) is 2. The number of anilines is 1. The van der Waals surface area contributed by atoms with E-state index in [-0.39, 0.29) is 37.7 Å². The second kappa shape index (κ2) is 24.1. The average molecular weight is 1230 g/mol. The lowest BCUT2D eigenvalue weighted by Crippen LogP contribution is -2.27. The summed E-state index contributed by atoms with van der Waals surface area (Å²) in [5.41, 5.74) is 13.2. The Labute approximate surface area is 474 Å². The number of benzene rings is 6. The molecule has 1 atom stereocenters. The van der Waals surface area contributed by atoms with Crippen molar-refractivity contribution in [3.63, 3.8) is 0 Å². The number of methoxy groups -OCH3 is 2. The minimum atomic E-state index is -3.69. The molecule has 0 amide bonds. The molecule has 4 heterocycles. The number of nitrogens with two attached hydrogens (primary N) is 2. The van der Waals surface area contributed by atoms with Crippen molar-refractivity contribution >= 4 is 97.3 Å². The maximum absolute atomic E-state index is 13.8. The van der Waals surface area contributed by atoms with Crippen LogP contribution in [0.15, 0.2) is 170 Å². The van der Waals surface area contributed by atoms with E-state index >= 15 is 0 Å². The van der Waals surface area contributed by atoms with Crippen molar-refractivity contribution in [3.8, 4) is 56.0 Å². The van der Waals surface area contributed by atoms with Gasteiger partial charge in [-0.3, -0.25) is 15.1 Å². The highest BCUT2D eigenvalue weighted by atomic mass is 79.9. The Kier molecular flexibility index (Phi) is 17.7. The van der Waals surface area contributed by atoms with E-state index in [0.717, 1.165) is 5.56 Å². The van der Waals surface area contributed by atoms with Crippen LogP contribution >= 0.6 is 39.1 Å². The van der Waals surface area contributed by atoms with E-state index in [2.05, 4.69) is 36.2 Å². The average Bonchev–Trinajstić information content (AvgIpc) is 4.19. The molecule has 0 saturated carbocycles. The maximum atomic E-state index is 13.8. The smallest absolute Gasteiger partial charge is 0.184 e. The third-order valence-electron chi connectivity index (χ3n) is 12.0. The van der Waals surface area contributed by atoms with Crippen molar-refractivity contribution in [2.45, 2.75) is 46.8 Å². The molecule has 4 aromatic heterocycles. The van der Waals surface area contributed by atoms with Gasteiger partial charge in [-0.15, -0.1) is 0 Å². The second-order valence-corrected chi connectivity index (χ2v) is 25.9. The van der Waals surface area contributed by atoms with Gasteiger partial charge in [0.05, 0.1) is 74.0 Å². The summed E-state index contributed by atoms with van der Waals surface area (Å²) in [6.07, 6.45) is 5.70. The molecule has 23 heteroatoms. The van der Waals surface area contributed by atoms with E-state index in [0.29, 0.717) is 104 Å². The van der Waals surface area contributed by atoms with Gasteiger partial charge in [-0.25, -0.2) is 29.8 Å². The normalized spacial score (nSPS) is 12.1. The SMILES string of the molecule is CC(C)(C)S(N)=O.COc1cc(-c2cccc(F)c2)c(Cl)cc1-c1c(Br)cnc2cc(S(=O)(=O)Cc3ccon3)ccc12.COc1cc(-c2cccc(F)c2)c(Cl)cc1-c1c(N)cnc2cc(S(=O)(=O)Cc3ccon3)ccc12. The summed E-state index contributed by atoms with van der Waals surface area (Å²) < 4.78 is 111. The Morgan fingerprint density at radius 3 is 1.46 bits per heavy atom. The summed E-state index contributed by atoms with van der Waals surface area (Å²) >= 11 is 16.8. The summed E-state index contributed by atoms with van der Waals surface area (Å²) in [5, 5.41) is 14.5. The first-order chi connectivity index (χ1) is 37.5. The predicted molar refractivity (Wildman–Crippen MR) is 307 cm³/mol. The molecule has 10 rings (SSSR count). The summed E-state index contributed by atoms with van der Waals surface area (Å²) in [5.74, 6) is -0.380. The van der Waals surface area contributed by atoms with E-state index in [1.54, 1.807) is 66.9 Å². The third kappa shape index (κ3) is 13.3. The summed E-state index contributed by atoms with van der Waals surface area (Å²) in [6, 6.07) is 31.6. The molecule has 0 fully saturated rings. The number of aromatic nitrogens is 4. The van der Waals surface area contributed by atoms with E-state index in [1.165, 1.54) is 93.6 Å². The molecule has 6 aromatic carbocycles. The topological polar surface area (TPSA) is 234 Å². The van der Waals surface area contributed by atoms with Crippen LogP contribution in [0, 0.1) is 11.6 Å². The minimum Gasteiger partial charge on any atom is -0.496 e. The van der Waals surface area contributed by atoms with Crippen LogP contribution in [0.3, 0.4) is 0 Å². The zero-order valence-corrected chi connectivity index (χ0v) is 48.1. The van der Waals surface area contributed by atoms with Gasteiger partial charge in [0, 0.05) is 77.0 Å². The Morgan fingerprint density at radius 2 is 1.05 bits per heavy atom. The Hall–Kier alpha value is -7.11. The minimum absolute atomic E-state index is 0.0904. The Bertz CT molecular complexity index is 3900. The van der Waals surface area contributed by atoms with Gasteiger partial charge < -0.3 is 24.3 Å². The molecule has 4 N–H and O–H groups in total. The van der Waals surface area contributed by atoms with Crippen molar-refractivity contribution in [1.29, 1.82) is 0 Å². The number of fused-ring (bicyclic) bond motifs is 2. The number of hydrogen-bond donors (Lipinski definition) is 2. The van der Waals surface area contributed by atoms with Crippen molar-refractivity contribution in [2.24, 2.45) is 5.14 Å². The fourth-order valence-electron chi connectivity index (χ4n) is 8.07. The lowest BCUT2D eigenvalue weighted by molar-refractivity contribution is 0.413. The monoisotopic (exact) mass is 1230 g/mol. The number of pyridine rings is 2. The number of rotatable bonds is 12. The molecule has 0 aliphatic heterocycles. The number of halogens is 5. The molecular weight excluding hydrogens is 1190 g/mol. The third-order valence-corrected chi connectivity index (χ3v) is 17.8. The molecular formula is C56H47BrCl2F2N6O9S3. The lowest BCUT2D eigenvalue weighted by Gasteiger charge is -2.17. The molecule has 408 valence electrons. The van der Waals surface area contributed by atoms with Crippen molar-refractivity contribution in [3.05, 3.63) is 184 Å². The van der Waals surface area contributed by atoms with Gasteiger partial charge in [0.25, 0.3) is 0 Å². The number of nitrogens with zero attached hydrogens (tertiary/aromatic N) is 4. The highest BCUT2D eigenvalue weighted by Gasteiger charge is 2.24. The first kappa shape index (κ1) is 58.0. The molecule has 0 aliphatic rings. The van der Waals surface area contributed by atoms with Crippen LogP contribution in [0.2, 0.25) is 10.0 Å². The van der Waals surface area contributed by atoms with E-state index < -0.39 is 30.7 Å². The molecule has 1 unspecified atom stereocenters. The Balaban J connectivity index is 0.000000186. The van der Waals surface area contributed by atoms with Crippen LogP contribution in [0.1, 0.15) is 32.2 Å². The van der Waals surface area contributed by atoms with Crippen LogP contribution in [-0.4, -0.2) is 60.3 Å². The number of hydrogen-bond acceptors (Lipinski definition) is 14. The van der Waals surface area contributed by atoms with Crippen LogP contribution in [0.25, 0.3) is 66.3 Å². The molecule has 0 aliphatic carbocycles. The van der Waals surface area contributed by atoms with Crippen LogP contribution < -0.4 is 20.3 Å². The molecule has 10 aromatic rings. The van der Waals surface area contributed by atoms with Gasteiger partial charge >= 0.3 is 0 Å². The molecule has 0 radical (unpaired) electrons. The van der Waals surface area contributed by atoms with Gasteiger partial charge in [0.2, 0.25) is 0 Å². The van der Waals surface area contributed by atoms with Crippen LogP contribution in [-0.2, 0) is 42.2 Å². The zero-order chi connectivity index (χ0) is 57.0. The molecule has 15 nitrogen and oxygen atoms in total. The highest BCUT2D eigenvalue weighted by Crippen LogP contribution is 2.46. The quantitative estimate of drug-likeness (QED) is 0.116. The molecule has 0 saturated heterocycles. The van der Waals surface area contributed by atoms with E-state index in [4.69, 9.17) is 52.6 Å². The van der Waals surface area contributed by atoms with Gasteiger partial charge in [-0.05, 0) is 121 Å². The van der Waals surface area contributed by atoms with Crippen molar-refractivity contribution < 1.29 is 48.3 Å². The summed E-state index contributed by atoms with van der Waals surface area (Å²) in [7, 11) is -5.50. The fraction of sp³-hybridized carbons (Fsp3) is 0.143. The van der Waals surface area contributed by atoms with Crippen LogP contribution in [0.4, 0.5) is 14.5 Å². The van der Waals surface area contributed by atoms with Gasteiger partial charge in [0.1, 0.15) is 47.2 Å².